The molecule has 4 rings (SSSR count). The number of hydrogen-bond donors (Lipinski definition) is 2. The third-order valence-electron chi connectivity index (χ3n) is 4.61. The fourth-order valence-corrected chi connectivity index (χ4v) is 3.49. The summed E-state index contributed by atoms with van der Waals surface area (Å²) in [5.74, 6) is 0.966. The summed E-state index contributed by atoms with van der Waals surface area (Å²) in [6.07, 6.45) is 1.41. The Balaban J connectivity index is 0.00000144. The van der Waals surface area contributed by atoms with Crippen LogP contribution < -0.4 is 26.7 Å². The van der Waals surface area contributed by atoms with Crippen molar-refractivity contribution in [2.24, 2.45) is 15.9 Å². The summed E-state index contributed by atoms with van der Waals surface area (Å²) >= 11 is 0. The summed E-state index contributed by atoms with van der Waals surface area (Å²) in [6.45, 7) is 0.650. The van der Waals surface area contributed by atoms with E-state index in [1.165, 1.54) is 5.71 Å². The van der Waals surface area contributed by atoms with Crippen LogP contribution >= 0.6 is 0 Å². The molecule has 2 N–H and O–H groups in total. The number of nitrogens with zero attached hydrogens (tertiary/aromatic N) is 2. The molecule has 1 aromatic rings. The van der Waals surface area contributed by atoms with Crippen molar-refractivity contribution in [2.75, 3.05) is 13.8 Å². The van der Waals surface area contributed by atoms with Crippen LogP contribution in [0.5, 0.6) is 5.75 Å². The first-order valence-electron chi connectivity index (χ1n) is 7.32. The van der Waals surface area contributed by atoms with E-state index in [1.807, 2.05) is 24.3 Å². The van der Waals surface area contributed by atoms with Crippen molar-refractivity contribution >= 4 is 17.1 Å². The zero-order valence-corrected chi connectivity index (χ0v) is 13.9. The number of aliphatic hydroxyl groups excluding tert-OH is 1. The van der Waals surface area contributed by atoms with Crippen LogP contribution in [0.2, 0.25) is 0 Å². The molecule has 0 bridgehead atoms. The molecule has 2 heterocycles. The van der Waals surface area contributed by atoms with E-state index in [-0.39, 0.29) is 28.9 Å². The van der Waals surface area contributed by atoms with E-state index in [9.17, 15) is 5.11 Å². The highest BCUT2D eigenvalue weighted by Gasteiger charge is 2.47. The molecule has 2 aliphatic heterocycles. The molecule has 0 saturated heterocycles. The van der Waals surface area contributed by atoms with Crippen LogP contribution in [-0.4, -0.2) is 48.2 Å². The van der Waals surface area contributed by atoms with Crippen LogP contribution in [0.1, 0.15) is 18.4 Å². The van der Waals surface area contributed by atoms with Gasteiger partial charge < -0.3 is 26.8 Å². The van der Waals surface area contributed by atoms with Crippen LogP contribution in [0.15, 0.2) is 34.3 Å². The second-order valence-corrected chi connectivity index (χ2v) is 5.69. The zero-order chi connectivity index (χ0) is 14.4. The lowest BCUT2D eigenvalue weighted by molar-refractivity contribution is -0.449. The van der Waals surface area contributed by atoms with E-state index < -0.39 is 6.10 Å². The monoisotopic (exact) mass is 363 g/mol. The van der Waals surface area contributed by atoms with Crippen LogP contribution in [0.4, 0.5) is 0 Å². The van der Waals surface area contributed by atoms with Gasteiger partial charge in [0, 0.05) is 12.3 Å². The summed E-state index contributed by atoms with van der Waals surface area (Å²) in [5, 5.41) is 10.6. The summed E-state index contributed by atoms with van der Waals surface area (Å²) in [5.41, 5.74) is 4.01. The standard InChI is InChI=1S/C16H17N3O2.BrH/c1-21-10-4-2-9(3-5-10)13-16(20)11-6-7-12-15(14(11)19-13)18-8-17-12;/h2-5,11,14,16,20H,6-8H2,1H3;1H. The fraction of sp³-hybridized carbons (Fsp3) is 0.438. The van der Waals surface area contributed by atoms with Gasteiger partial charge in [-0.15, -0.1) is 0 Å². The molecule has 22 heavy (non-hydrogen) atoms. The summed E-state index contributed by atoms with van der Waals surface area (Å²) in [4.78, 5) is 12.6. The second kappa shape index (κ2) is 5.93. The Kier molecular flexibility index (Phi) is 4.14. The molecule has 1 fully saturated rings. The maximum absolute atomic E-state index is 10.6. The van der Waals surface area contributed by atoms with Crippen molar-refractivity contribution in [3.63, 3.8) is 0 Å². The normalized spacial score (nSPS) is 28.8. The third-order valence-corrected chi connectivity index (χ3v) is 4.61. The van der Waals surface area contributed by atoms with Gasteiger partial charge in [-0.2, -0.15) is 0 Å². The maximum atomic E-state index is 10.6. The number of benzene rings is 1. The van der Waals surface area contributed by atoms with Gasteiger partial charge in [-0.1, -0.05) is 0 Å². The number of fused-ring (bicyclic) bond motifs is 3. The molecule has 5 nitrogen and oxygen atoms in total. The van der Waals surface area contributed by atoms with E-state index in [4.69, 9.17) is 9.73 Å². The number of aliphatic imine (C=N–C) groups is 2. The third kappa shape index (κ3) is 2.30. The minimum absolute atomic E-state index is 0. The van der Waals surface area contributed by atoms with Crippen LogP contribution in [0, 0.1) is 5.92 Å². The lowest BCUT2D eigenvalue weighted by atomic mass is 9.80. The van der Waals surface area contributed by atoms with E-state index in [2.05, 4.69) is 9.98 Å². The highest BCUT2D eigenvalue weighted by molar-refractivity contribution is 6.43. The van der Waals surface area contributed by atoms with Crippen LogP contribution in [-0.2, 0) is 0 Å². The highest BCUT2D eigenvalue weighted by atomic mass is 79.9. The van der Waals surface area contributed by atoms with Gasteiger partial charge in [0.1, 0.15) is 23.6 Å². The van der Waals surface area contributed by atoms with E-state index >= 15 is 0 Å². The molecule has 116 valence electrons. The molecular weight excluding hydrogens is 346 g/mol. The Morgan fingerprint density at radius 2 is 2.00 bits per heavy atom. The van der Waals surface area contributed by atoms with Crippen molar-refractivity contribution < 1.29 is 31.8 Å². The van der Waals surface area contributed by atoms with E-state index in [0.29, 0.717) is 6.67 Å². The van der Waals surface area contributed by atoms with E-state index in [0.717, 1.165) is 35.6 Å². The molecule has 0 spiro atoms. The average molecular weight is 364 g/mol. The van der Waals surface area contributed by atoms with Gasteiger partial charge in [-0.3, -0.25) is 4.99 Å². The van der Waals surface area contributed by atoms with Crippen molar-refractivity contribution in [2.45, 2.75) is 25.0 Å². The molecule has 0 aromatic heterocycles. The Bertz CT molecular complexity index is 666. The average Bonchev–Trinajstić information content (AvgIpc) is 3.12. The molecule has 6 heteroatoms. The number of aliphatic hydroxyl groups is 1. The molecular formula is C16H18BrN3O2. The van der Waals surface area contributed by atoms with Crippen LogP contribution in [0.3, 0.4) is 0 Å². The Morgan fingerprint density at radius 1 is 1.23 bits per heavy atom. The number of halogens is 1. The number of nitrogens with one attached hydrogen (secondary N) is 1. The molecule has 3 unspecified atom stereocenters. The number of rotatable bonds is 2. The Labute approximate surface area is 139 Å². The zero-order valence-electron chi connectivity index (χ0n) is 12.3. The first kappa shape index (κ1) is 15.4. The van der Waals surface area contributed by atoms with Gasteiger partial charge >= 0.3 is 0 Å². The molecule has 1 aliphatic carbocycles. The maximum Gasteiger partial charge on any atom is 0.234 e. The lowest BCUT2D eigenvalue weighted by Gasteiger charge is -2.24. The number of hydrogen-bond acceptors (Lipinski definition) is 4. The minimum atomic E-state index is -0.506. The first-order valence-corrected chi connectivity index (χ1v) is 7.32. The Hall–Kier alpha value is -1.53. The Morgan fingerprint density at radius 3 is 2.73 bits per heavy atom. The quantitative estimate of drug-likeness (QED) is 0.574. The van der Waals surface area contributed by atoms with Crippen LogP contribution in [0.25, 0.3) is 0 Å². The van der Waals surface area contributed by atoms with E-state index in [1.54, 1.807) is 7.11 Å². The predicted molar refractivity (Wildman–Crippen MR) is 80.3 cm³/mol. The molecule has 0 amide bonds. The lowest BCUT2D eigenvalue weighted by Crippen LogP contribution is -3.00. The predicted octanol–water partition coefficient (Wildman–Crippen LogP) is -3.42. The van der Waals surface area contributed by atoms with Crippen molar-refractivity contribution in [1.29, 1.82) is 0 Å². The molecule has 0 radical (unpaired) electrons. The van der Waals surface area contributed by atoms with Gasteiger partial charge in [-0.25, -0.2) is 9.98 Å². The minimum Gasteiger partial charge on any atom is -1.00 e. The fourth-order valence-electron chi connectivity index (χ4n) is 3.49. The first-order chi connectivity index (χ1) is 10.3. The summed E-state index contributed by atoms with van der Waals surface area (Å²) < 4.78 is 5.18. The number of ether oxygens (including phenoxy) is 1. The number of methoxy groups -OCH3 is 1. The van der Waals surface area contributed by atoms with Gasteiger partial charge in [0.05, 0.1) is 12.8 Å². The van der Waals surface area contributed by atoms with Gasteiger partial charge in [0.15, 0.2) is 5.71 Å². The molecule has 1 saturated carbocycles. The largest absolute Gasteiger partial charge is 1.00 e. The van der Waals surface area contributed by atoms with Crippen molar-refractivity contribution in [3.8, 4) is 5.75 Å². The molecule has 1 aromatic carbocycles. The van der Waals surface area contributed by atoms with Gasteiger partial charge in [0.2, 0.25) is 6.67 Å². The van der Waals surface area contributed by atoms with Crippen molar-refractivity contribution in [3.05, 3.63) is 29.8 Å². The smallest absolute Gasteiger partial charge is 0.234 e. The van der Waals surface area contributed by atoms with Crippen molar-refractivity contribution in [1.82, 2.24) is 0 Å². The summed E-state index contributed by atoms with van der Waals surface area (Å²) in [7, 11) is 1.65. The highest BCUT2D eigenvalue weighted by Crippen LogP contribution is 2.34. The SMILES string of the molecule is COc1ccc(C2=NC3C4=NC[NH+]=C4CCC3C2O)cc1.[Br-]. The summed E-state index contributed by atoms with van der Waals surface area (Å²) in [6, 6.07) is 7.72. The topological polar surface area (TPSA) is 68.2 Å². The van der Waals surface area contributed by atoms with Gasteiger partial charge in [0.25, 0.3) is 0 Å². The molecule has 3 atom stereocenters. The van der Waals surface area contributed by atoms with Gasteiger partial charge in [-0.05, 0) is 36.2 Å². The molecule has 3 aliphatic rings. The second-order valence-electron chi connectivity index (χ2n) is 5.69.